The molecule has 10 heteroatoms. The van der Waals surface area contributed by atoms with Gasteiger partial charge in [0.05, 0.1) is 0 Å². The van der Waals surface area contributed by atoms with E-state index in [1.165, 1.54) is 6.92 Å². The zero-order valence-electron chi connectivity index (χ0n) is 17.6. The van der Waals surface area contributed by atoms with Crippen LogP contribution < -0.4 is 16.0 Å². The third-order valence-electron chi connectivity index (χ3n) is 4.41. The van der Waals surface area contributed by atoms with Gasteiger partial charge in [0.1, 0.15) is 11.5 Å². The topological polar surface area (TPSA) is 91.8 Å². The molecule has 7 nitrogen and oxygen atoms in total. The fourth-order valence-electron chi connectivity index (χ4n) is 3.00. The summed E-state index contributed by atoms with van der Waals surface area (Å²) in [5.41, 5.74) is 2.23. The summed E-state index contributed by atoms with van der Waals surface area (Å²) in [6, 6.07) is 10.1. The van der Waals surface area contributed by atoms with E-state index in [1.54, 1.807) is 12.3 Å². The van der Waals surface area contributed by atoms with Gasteiger partial charge < -0.3 is 16.0 Å². The van der Waals surface area contributed by atoms with Gasteiger partial charge in [-0.05, 0) is 60.4 Å². The van der Waals surface area contributed by atoms with Crippen LogP contribution in [0.15, 0.2) is 48.8 Å². The van der Waals surface area contributed by atoms with Crippen molar-refractivity contribution in [2.45, 2.75) is 26.4 Å². The quantitative estimate of drug-likeness (QED) is 0.442. The second kappa shape index (κ2) is 10.1. The van der Waals surface area contributed by atoms with Gasteiger partial charge in [-0.15, -0.1) is 0 Å². The number of hydrogen-bond donors (Lipinski definition) is 3. The maximum absolute atomic E-state index is 12.9. The van der Waals surface area contributed by atoms with Crippen LogP contribution in [0.5, 0.6) is 0 Å². The molecule has 0 radical (unpaired) electrons. The standard InChI is InChI=1S/C22H23F3N6O/c1-14-10-17(16-4-8-28-20(13-16)27-7-3-6-26-15(2)32)12-18(11-14)30-21-29-9-5-19(31-21)22(23,24)25/h4-5,8-13H,3,6-7H2,1-2H3,(H,26,32)(H,27,28)(H,29,30,31). The molecule has 0 unspecified atom stereocenters. The van der Waals surface area contributed by atoms with E-state index in [-0.39, 0.29) is 11.9 Å². The number of aryl methyl sites for hydroxylation is 1. The molecule has 3 aromatic rings. The maximum atomic E-state index is 12.9. The summed E-state index contributed by atoms with van der Waals surface area (Å²) < 4.78 is 38.7. The SMILES string of the molecule is CC(=O)NCCCNc1cc(-c2cc(C)cc(Nc3nccc(C(F)(F)F)n3)c2)ccn1. The second-order valence-electron chi connectivity index (χ2n) is 7.17. The number of carbonyl (C=O) groups excluding carboxylic acids is 1. The lowest BCUT2D eigenvalue weighted by Crippen LogP contribution is -2.22. The van der Waals surface area contributed by atoms with Gasteiger partial charge in [-0.25, -0.2) is 15.0 Å². The van der Waals surface area contributed by atoms with Crippen molar-refractivity contribution in [2.75, 3.05) is 23.7 Å². The van der Waals surface area contributed by atoms with E-state index in [2.05, 4.69) is 30.9 Å². The van der Waals surface area contributed by atoms with Crippen LogP contribution in [0.1, 0.15) is 24.6 Å². The van der Waals surface area contributed by atoms with Gasteiger partial charge >= 0.3 is 6.18 Å². The Balaban J connectivity index is 1.74. The molecule has 0 fully saturated rings. The second-order valence-corrected chi connectivity index (χ2v) is 7.17. The van der Waals surface area contributed by atoms with Crippen LogP contribution in [0.25, 0.3) is 11.1 Å². The smallest absolute Gasteiger partial charge is 0.370 e. The number of anilines is 3. The number of aromatic nitrogens is 3. The van der Waals surface area contributed by atoms with Crippen LogP contribution in [0.2, 0.25) is 0 Å². The lowest BCUT2D eigenvalue weighted by atomic mass is 10.0. The summed E-state index contributed by atoms with van der Waals surface area (Å²) >= 11 is 0. The molecular formula is C22H23F3N6O. The fraction of sp³-hybridized carbons (Fsp3) is 0.273. The number of rotatable bonds is 8. The number of nitrogens with zero attached hydrogens (tertiary/aromatic N) is 3. The molecule has 168 valence electrons. The molecule has 0 saturated heterocycles. The number of nitrogens with one attached hydrogen (secondary N) is 3. The Hall–Kier alpha value is -3.69. The Bertz CT molecular complexity index is 1090. The molecule has 2 heterocycles. The number of alkyl halides is 3. The highest BCUT2D eigenvalue weighted by molar-refractivity contribution is 5.73. The number of halogens is 3. The highest BCUT2D eigenvalue weighted by Gasteiger charge is 2.32. The number of amides is 1. The van der Waals surface area contributed by atoms with E-state index in [0.29, 0.717) is 24.6 Å². The average molecular weight is 444 g/mol. The van der Waals surface area contributed by atoms with Gasteiger partial charge in [0.15, 0.2) is 0 Å². The van der Waals surface area contributed by atoms with Gasteiger partial charge in [-0.3, -0.25) is 4.79 Å². The molecule has 2 aromatic heterocycles. The van der Waals surface area contributed by atoms with E-state index >= 15 is 0 Å². The molecule has 0 bridgehead atoms. The van der Waals surface area contributed by atoms with Crippen molar-refractivity contribution in [3.05, 3.63) is 60.0 Å². The lowest BCUT2D eigenvalue weighted by Gasteiger charge is -2.12. The van der Waals surface area contributed by atoms with Crippen molar-refractivity contribution in [3.63, 3.8) is 0 Å². The summed E-state index contributed by atoms with van der Waals surface area (Å²) in [5.74, 6) is 0.486. The van der Waals surface area contributed by atoms with Gasteiger partial charge in [0, 0.05) is 38.1 Å². The first-order valence-corrected chi connectivity index (χ1v) is 9.94. The molecule has 0 spiro atoms. The minimum atomic E-state index is -4.54. The Morgan fingerprint density at radius 2 is 1.78 bits per heavy atom. The zero-order chi connectivity index (χ0) is 23.1. The molecule has 1 amide bonds. The monoisotopic (exact) mass is 444 g/mol. The Morgan fingerprint density at radius 1 is 1.00 bits per heavy atom. The number of hydrogen-bond acceptors (Lipinski definition) is 6. The van der Waals surface area contributed by atoms with Crippen molar-refractivity contribution < 1.29 is 18.0 Å². The Morgan fingerprint density at radius 3 is 2.53 bits per heavy atom. The molecule has 0 aliphatic carbocycles. The van der Waals surface area contributed by atoms with Crippen LogP contribution in [0, 0.1) is 6.92 Å². The minimum Gasteiger partial charge on any atom is -0.370 e. The Labute approximate surface area is 183 Å². The zero-order valence-corrected chi connectivity index (χ0v) is 17.6. The van der Waals surface area contributed by atoms with E-state index in [1.807, 2.05) is 31.2 Å². The predicted octanol–water partition coefficient (Wildman–Crippen LogP) is 4.55. The summed E-state index contributed by atoms with van der Waals surface area (Å²) in [7, 11) is 0. The highest BCUT2D eigenvalue weighted by atomic mass is 19.4. The summed E-state index contributed by atoms with van der Waals surface area (Å²) in [6.45, 7) is 4.59. The first-order valence-electron chi connectivity index (χ1n) is 9.94. The number of pyridine rings is 1. The molecule has 0 saturated carbocycles. The van der Waals surface area contributed by atoms with E-state index in [4.69, 9.17) is 0 Å². The summed E-state index contributed by atoms with van der Waals surface area (Å²) in [4.78, 5) is 22.6. The van der Waals surface area contributed by atoms with Gasteiger partial charge in [0.25, 0.3) is 0 Å². The molecule has 0 atom stereocenters. The van der Waals surface area contributed by atoms with E-state index in [0.717, 1.165) is 35.4 Å². The third-order valence-corrected chi connectivity index (χ3v) is 4.41. The fourth-order valence-corrected chi connectivity index (χ4v) is 3.00. The molecule has 32 heavy (non-hydrogen) atoms. The van der Waals surface area contributed by atoms with Crippen molar-refractivity contribution >= 4 is 23.4 Å². The van der Waals surface area contributed by atoms with Crippen molar-refractivity contribution in [2.24, 2.45) is 0 Å². The Kier molecular flexibility index (Phi) is 7.24. The minimum absolute atomic E-state index is 0.0653. The first kappa shape index (κ1) is 23.0. The summed E-state index contributed by atoms with van der Waals surface area (Å²) in [6.07, 6.45) is -1.04. The first-order chi connectivity index (χ1) is 15.2. The van der Waals surface area contributed by atoms with Gasteiger partial charge in [0.2, 0.25) is 11.9 Å². The normalized spacial score (nSPS) is 11.2. The largest absolute Gasteiger partial charge is 0.433 e. The third kappa shape index (κ3) is 6.66. The van der Waals surface area contributed by atoms with E-state index < -0.39 is 11.9 Å². The summed E-state index contributed by atoms with van der Waals surface area (Å²) in [5, 5.41) is 8.80. The van der Waals surface area contributed by atoms with Crippen LogP contribution in [-0.2, 0) is 11.0 Å². The number of carbonyl (C=O) groups is 1. The molecule has 1 aromatic carbocycles. The average Bonchev–Trinajstić information content (AvgIpc) is 2.73. The van der Waals surface area contributed by atoms with E-state index in [9.17, 15) is 18.0 Å². The lowest BCUT2D eigenvalue weighted by molar-refractivity contribution is -0.141. The predicted molar refractivity (Wildman–Crippen MR) is 117 cm³/mol. The van der Waals surface area contributed by atoms with Gasteiger partial charge in [-0.1, -0.05) is 6.07 Å². The van der Waals surface area contributed by atoms with Crippen molar-refractivity contribution in [3.8, 4) is 11.1 Å². The van der Waals surface area contributed by atoms with Gasteiger partial charge in [-0.2, -0.15) is 13.2 Å². The maximum Gasteiger partial charge on any atom is 0.433 e. The highest BCUT2D eigenvalue weighted by Crippen LogP contribution is 2.29. The molecule has 0 aliphatic rings. The molecular weight excluding hydrogens is 421 g/mol. The van der Waals surface area contributed by atoms with Crippen LogP contribution in [-0.4, -0.2) is 33.9 Å². The number of benzene rings is 1. The molecule has 3 N–H and O–H groups in total. The van der Waals surface area contributed by atoms with Crippen LogP contribution >= 0.6 is 0 Å². The molecule has 3 rings (SSSR count). The van der Waals surface area contributed by atoms with Crippen molar-refractivity contribution in [1.82, 2.24) is 20.3 Å². The van der Waals surface area contributed by atoms with Crippen LogP contribution in [0.3, 0.4) is 0 Å². The van der Waals surface area contributed by atoms with Crippen LogP contribution in [0.4, 0.5) is 30.6 Å². The van der Waals surface area contributed by atoms with Crippen molar-refractivity contribution in [1.29, 1.82) is 0 Å². The molecule has 0 aliphatic heterocycles.